The van der Waals surface area contributed by atoms with Crippen LogP contribution in [0.3, 0.4) is 0 Å². The molecule has 1 N–H and O–H groups in total. The lowest BCUT2D eigenvalue weighted by Gasteiger charge is -2.36. The molecule has 1 saturated carbocycles. The molecule has 2 aliphatic rings. The van der Waals surface area contributed by atoms with Gasteiger partial charge < -0.3 is 10.2 Å². The molecule has 2 nitrogen and oxygen atoms in total. The molecule has 1 aliphatic heterocycles. The first-order valence-electron chi connectivity index (χ1n) is 8.07. The van der Waals surface area contributed by atoms with Crippen molar-refractivity contribution in [3.8, 4) is 0 Å². The third-order valence-corrected chi connectivity index (χ3v) is 5.68. The monoisotopic (exact) mass is 252 g/mol. The molecule has 0 radical (unpaired) electrons. The molecule has 106 valence electrons. The van der Waals surface area contributed by atoms with E-state index in [1.165, 1.54) is 64.6 Å². The second-order valence-electron chi connectivity index (χ2n) is 6.87. The lowest BCUT2D eigenvalue weighted by Crippen LogP contribution is -2.44. The summed E-state index contributed by atoms with van der Waals surface area (Å²) < 4.78 is 0. The maximum Gasteiger partial charge on any atom is 0.00681 e. The molecule has 1 unspecified atom stereocenters. The maximum absolute atomic E-state index is 3.88. The first-order valence-corrected chi connectivity index (χ1v) is 8.07. The summed E-state index contributed by atoms with van der Waals surface area (Å²) >= 11 is 0. The van der Waals surface area contributed by atoms with Gasteiger partial charge in [-0.3, -0.25) is 0 Å². The topological polar surface area (TPSA) is 15.3 Å². The van der Waals surface area contributed by atoms with Gasteiger partial charge >= 0.3 is 0 Å². The molecule has 1 aliphatic carbocycles. The number of nitrogens with zero attached hydrogens (tertiary/aromatic N) is 1. The van der Waals surface area contributed by atoms with Gasteiger partial charge in [-0.25, -0.2) is 0 Å². The van der Waals surface area contributed by atoms with Crippen LogP contribution >= 0.6 is 0 Å². The van der Waals surface area contributed by atoms with Crippen LogP contribution in [0.5, 0.6) is 0 Å². The highest BCUT2D eigenvalue weighted by Crippen LogP contribution is 2.40. The van der Waals surface area contributed by atoms with E-state index in [0.717, 1.165) is 5.92 Å². The number of hydrogen-bond donors (Lipinski definition) is 1. The Morgan fingerprint density at radius 1 is 1.22 bits per heavy atom. The van der Waals surface area contributed by atoms with E-state index in [4.69, 9.17) is 0 Å². The van der Waals surface area contributed by atoms with Crippen LogP contribution in [-0.4, -0.2) is 37.6 Å². The van der Waals surface area contributed by atoms with Crippen LogP contribution in [0.15, 0.2) is 0 Å². The van der Waals surface area contributed by atoms with Crippen LogP contribution in [-0.2, 0) is 0 Å². The smallest absolute Gasteiger partial charge is 0.00681 e. The van der Waals surface area contributed by atoms with E-state index in [2.05, 4.69) is 31.1 Å². The Morgan fingerprint density at radius 3 is 2.39 bits per heavy atom. The van der Waals surface area contributed by atoms with E-state index >= 15 is 0 Å². The predicted molar refractivity (Wildman–Crippen MR) is 78.9 cm³/mol. The molecule has 0 aromatic carbocycles. The Hall–Kier alpha value is -0.0800. The fourth-order valence-corrected chi connectivity index (χ4v) is 3.85. The summed E-state index contributed by atoms with van der Waals surface area (Å²) in [7, 11) is 2.25. The van der Waals surface area contributed by atoms with Gasteiger partial charge in [-0.2, -0.15) is 0 Å². The molecule has 0 spiro atoms. The lowest BCUT2D eigenvalue weighted by atomic mass is 9.82. The van der Waals surface area contributed by atoms with Gasteiger partial charge in [0.1, 0.15) is 0 Å². The van der Waals surface area contributed by atoms with Gasteiger partial charge in [0.2, 0.25) is 0 Å². The molecular formula is C16H32N2. The van der Waals surface area contributed by atoms with Crippen LogP contribution in [0.4, 0.5) is 0 Å². The Morgan fingerprint density at radius 2 is 1.83 bits per heavy atom. The highest BCUT2D eigenvalue weighted by molar-refractivity contribution is 4.87. The van der Waals surface area contributed by atoms with Gasteiger partial charge in [-0.15, -0.1) is 0 Å². The minimum atomic E-state index is 0.639. The van der Waals surface area contributed by atoms with Gasteiger partial charge in [0.15, 0.2) is 0 Å². The lowest BCUT2D eigenvalue weighted by molar-refractivity contribution is 0.174. The van der Waals surface area contributed by atoms with Crippen molar-refractivity contribution in [1.29, 1.82) is 0 Å². The zero-order valence-corrected chi connectivity index (χ0v) is 12.7. The summed E-state index contributed by atoms with van der Waals surface area (Å²) in [6.07, 6.45) is 9.94. The fourth-order valence-electron chi connectivity index (χ4n) is 3.85. The molecule has 2 fully saturated rings. The van der Waals surface area contributed by atoms with Crippen molar-refractivity contribution in [3.63, 3.8) is 0 Å². The van der Waals surface area contributed by atoms with Crippen molar-refractivity contribution < 1.29 is 0 Å². The zero-order valence-electron chi connectivity index (χ0n) is 12.7. The number of hydrogen-bond acceptors (Lipinski definition) is 2. The molecule has 0 bridgehead atoms. The van der Waals surface area contributed by atoms with E-state index < -0.39 is 0 Å². The first kappa shape index (κ1) is 14.3. The Labute approximate surface area is 114 Å². The molecule has 0 amide bonds. The van der Waals surface area contributed by atoms with Gasteiger partial charge in [0.05, 0.1) is 0 Å². The molecule has 1 saturated heterocycles. The zero-order chi connectivity index (χ0) is 13.0. The highest BCUT2D eigenvalue weighted by Gasteiger charge is 2.32. The van der Waals surface area contributed by atoms with Crippen molar-refractivity contribution in [2.24, 2.45) is 11.3 Å². The van der Waals surface area contributed by atoms with Crippen LogP contribution in [0.2, 0.25) is 0 Å². The normalized spacial score (nSPS) is 27.5. The maximum atomic E-state index is 3.88. The second-order valence-corrected chi connectivity index (χ2v) is 6.87. The van der Waals surface area contributed by atoms with Crippen molar-refractivity contribution in [1.82, 2.24) is 10.2 Å². The van der Waals surface area contributed by atoms with E-state index in [-0.39, 0.29) is 0 Å². The number of likely N-dealkylation sites (tertiary alicyclic amines) is 1. The molecule has 0 aromatic rings. The van der Waals surface area contributed by atoms with Gasteiger partial charge in [-0.05, 0) is 70.5 Å². The number of nitrogens with one attached hydrogen (secondary N) is 1. The van der Waals surface area contributed by atoms with Crippen LogP contribution < -0.4 is 5.32 Å². The molecular weight excluding hydrogens is 220 g/mol. The van der Waals surface area contributed by atoms with Crippen molar-refractivity contribution in [2.45, 2.75) is 64.8 Å². The number of rotatable bonds is 5. The average molecular weight is 252 g/mol. The summed E-state index contributed by atoms with van der Waals surface area (Å²) in [4.78, 5) is 2.47. The van der Waals surface area contributed by atoms with E-state index in [0.29, 0.717) is 11.5 Å². The van der Waals surface area contributed by atoms with Crippen LogP contribution in [0.25, 0.3) is 0 Å². The quantitative estimate of drug-likeness (QED) is 0.808. The molecule has 2 rings (SSSR count). The molecule has 1 heterocycles. The SMILES string of the molecule is CCC1(CNC(C)C2CCN(C)CC2)CCCC1. The van der Waals surface area contributed by atoms with Gasteiger partial charge in [0.25, 0.3) is 0 Å². The van der Waals surface area contributed by atoms with Crippen LogP contribution in [0, 0.1) is 11.3 Å². The van der Waals surface area contributed by atoms with E-state index in [1.54, 1.807) is 0 Å². The Kier molecular flexibility index (Phi) is 5.08. The third-order valence-electron chi connectivity index (χ3n) is 5.68. The first-order chi connectivity index (χ1) is 8.65. The van der Waals surface area contributed by atoms with Gasteiger partial charge in [-0.1, -0.05) is 19.8 Å². The van der Waals surface area contributed by atoms with Crippen molar-refractivity contribution in [2.75, 3.05) is 26.7 Å². The minimum absolute atomic E-state index is 0.639. The molecule has 18 heavy (non-hydrogen) atoms. The average Bonchev–Trinajstić information content (AvgIpc) is 2.86. The van der Waals surface area contributed by atoms with E-state index in [9.17, 15) is 0 Å². The Bertz CT molecular complexity index is 237. The van der Waals surface area contributed by atoms with Crippen LogP contribution in [0.1, 0.15) is 58.8 Å². The summed E-state index contributed by atoms with van der Waals surface area (Å²) in [6.45, 7) is 8.63. The van der Waals surface area contributed by atoms with Crippen molar-refractivity contribution >= 4 is 0 Å². The molecule has 2 heteroatoms. The minimum Gasteiger partial charge on any atom is -0.313 e. The predicted octanol–water partition coefficient (Wildman–Crippen LogP) is 3.28. The molecule has 1 atom stereocenters. The summed E-state index contributed by atoms with van der Waals surface area (Å²) in [5.41, 5.74) is 0.639. The second kappa shape index (κ2) is 6.38. The fraction of sp³-hybridized carbons (Fsp3) is 1.00. The van der Waals surface area contributed by atoms with E-state index in [1.807, 2.05) is 0 Å². The molecule has 0 aromatic heterocycles. The Balaban J connectivity index is 1.75. The number of piperidine rings is 1. The standard InChI is InChI=1S/C16H32N2/c1-4-16(9-5-6-10-16)13-17-14(2)15-7-11-18(3)12-8-15/h14-15,17H,4-13H2,1-3H3. The largest absolute Gasteiger partial charge is 0.313 e. The van der Waals surface area contributed by atoms with Crippen molar-refractivity contribution in [3.05, 3.63) is 0 Å². The summed E-state index contributed by atoms with van der Waals surface area (Å²) in [6, 6.07) is 0.711. The summed E-state index contributed by atoms with van der Waals surface area (Å²) in [5, 5.41) is 3.88. The highest BCUT2D eigenvalue weighted by atomic mass is 15.1. The summed E-state index contributed by atoms with van der Waals surface area (Å²) in [5.74, 6) is 0.900. The van der Waals surface area contributed by atoms with Gasteiger partial charge in [0, 0.05) is 12.6 Å². The third kappa shape index (κ3) is 3.48.